The summed E-state index contributed by atoms with van der Waals surface area (Å²) in [7, 11) is 0. The Morgan fingerprint density at radius 1 is 1.29 bits per heavy atom. The molecule has 1 aliphatic carbocycles. The SMILES string of the molecule is Cc1cc(C)c(C(=O)NC2(CO)CC2)c(C)c1. The van der Waals surface area contributed by atoms with Crippen molar-refractivity contribution in [1.82, 2.24) is 5.32 Å². The summed E-state index contributed by atoms with van der Waals surface area (Å²) in [4.78, 5) is 12.2. The van der Waals surface area contributed by atoms with Gasteiger partial charge in [-0.3, -0.25) is 4.79 Å². The van der Waals surface area contributed by atoms with Crippen LogP contribution < -0.4 is 5.32 Å². The van der Waals surface area contributed by atoms with Crippen molar-refractivity contribution >= 4 is 5.91 Å². The number of aliphatic hydroxyl groups excluding tert-OH is 1. The number of carbonyl (C=O) groups excluding carboxylic acids is 1. The van der Waals surface area contributed by atoms with Crippen LogP contribution in [-0.2, 0) is 0 Å². The summed E-state index contributed by atoms with van der Waals surface area (Å²) in [5.41, 5.74) is 3.55. The Balaban J connectivity index is 2.25. The molecule has 92 valence electrons. The number of benzene rings is 1. The molecule has 0 atom stereocenters. The van der Waals surface area contributed by atoms with E-state index in [1.807, 2.05) is 32.9 Å². The maximum atomic E-state index is 12.2. The van der Waals surface area contributed by atoms with Gasteiger partial charge in [0.05, 0.1) is 12.1 Å². The Kier molecular flexibility index (Phi) is 2.96. The molecule has 0 radical (unpaired) electrons. The first-order valence-corrected chi connectivity index (χ1v) is 5.99. The smallest absolute Gasteiger partial charge is 0.252 e. The van der Waals surface area contributed by atoms with Gasteiger partial charge in [-0.25, -0.2) is 0 Å². The van der Waals surface area contributed by atoms with Crippen LogP contribution in [0.2, 0.25) is 0 Å². The minimum atomic E-state index is -0.346. The van der Waals surface area contributed by atoms with Crippen LogP contribution in [-0.4, -0.2) is 23.2 Å². The molecule has 0 unspecified atom stereocenters. The van der Waals surface area contributed by atoms with Gasteiger partial charge in [-0.2, -0.15) is 0 Å². The van der Waals surface area contributed by atoms with Gasteiger partial charge < -0.3 is 10.4 Å². The largest absolute Gasteiger partial charge is 0.394 e. The summed E-state index contributed by atoms with van der Waals surface area (Å²) in [6.45, 7) is 5.96. The maximum Gasteiger partial charge on any atom is 0.252 e. The normalized spacial score (nSPS) is 16.7. The van der Waals surface area contributed by atoms with Crippen molar-refractivity contribution in [2.75, 3.05) is 6.61 Å². The molecule has 0 aromatic heterocycles. The van der Waals surface area contributed by atoms with Crippen LogP contribution in [0.3, 0.4) is 0 Å². The fourth-order valence-electron chi connectivity index (χ4n) is 2.32. The predicted octanol–water partition coefficient (Wildman–Crippen LogP) is 1.87. The highest BCUT2D eigenvalue weighted by molar-refractivity contribution is 5.97. The molecule has 0 bridgehead atoms. The van der Waals surface area contributed by atoms with E-state index < -0.39 is 0 Å². The Bertz CT molecular complexity index is 438. The van der Waals surface area contributed by atoms with Crippen LogP contribution in [0.1, 0.15) is 39.9 Å². The van der Waals surface area contributed by atoms with Crippen molar-refractivity contribution < 1.29 is 9.90 Å². The number of aliphatic hydroxyl groups is 1. The summed E-state index contributed by atoms with van der Waals surface area (Å²) >= 11 is 0. The van der Waals surface area contributed by atoms with E-state index in [1.165, 1.54) is 5.56 Å². The zero-order valence-electron chi connectivity index (χ0n) is 10.6. The predicted molar refractivity (Wildman–Crippen MR) is 67.2 cm³/mol. The summed E-state index contributed by atoms with van der Waals surface area (Å²) in [5, 5.41) is 12.2. The van der Waals surface area contributed by atoms with Crippen LogP contribution in [0.4, 0.5) is 0 Å². The Morgan fingerprint density at radius 2 is 1.82 bits per heavy atom. The Hall–Kier alpha value is -1.35. The molecule has 3 heteroatoms. The van der Waals surface area contributed by atoms with E-state index >= 15 is 0 Å². The zero-order valence-corrected chi connectivity index (χ0v) is 10.6. The molecule has 0 spiro atoms. The molecule has 0 saturated heterocycles. The molecule has 1 aromatic carbocycles. The van der Waals surface area contributed by atoms with E-state index in [1.54, 1.807) is 0 Å². The lowest BCUT2D eigenvalue weighted by Gasteiger charge is -2.17. The first-order chi connectivity index (χ1) is 7.97. The number of amides is 1. The van der Waals surface area contributed by atoms with Crippen molar-refractivity contribution in [2.45, 2.75) is 39.2 Å². The molecule has 3 nitrogen and oxygen atoms in total. The standard InChI is InChI=1S/C14H19NO2/c1-9-6-10(2)12(11(3)7-9)13(17)15-14(8-16)4-5-14/h6-7,16H,4-5,8H2,1-3H3,(H,15,17). The number of aryl methyl sites for hydroxylation is 3. The number of hydrogen-bond acceptors (Lipinski definition) is 2. The summed E-state index contributed by atoms with van der Waals surface area (Å²) in [6, 6.07) is 4.03. The molecule has 1 aromatic rings. The first kappa shape index (κ1) is 12.1. The second-order valence-corrected chi connectivity index (χ2v) is 5.17. The van der Waals surface area contributed by atoms with Gasteiger partial charge in [0.1, 0.15) is 0 Å². The molecule has 17 heavy (non-hydrogen) atoms. The fraction of sp³-hybridized carbons (Fsp3) is 0.500. The second-order valence-electron chi connectivity index (χ2n) is 5.17. The summed E-state index contributed by atoms with van der Waals surface area (Å²) < 4.78 is 0. The molecule has 2 N–H and O–H groups in total. The maximum absolute atomic E-state index is 12.2. The zero-order chi connectivity index (χ0) is 12.6. The third-order valence-electron chi connectivity index (χ3n) is 3.44. The van der Waals surface area contributed by atoms with Crippen molar-refractivity contribution in [3.63, 3.8) is 0 Å². The van der Waals surface area contributed by atoms with E-state index in [0.717, 1.165) is 29.5 Å². The van der Waals surface area contributed by atoms with Gasteiger partial charge in [0.2, 0.25) is 0 Å². The average molecular weight is 233 g/mol. The highest BCUT2D eigenvalue weighted by Gasteiger charge is 2.43. The van der Waals surface area contributed by atoms with E-state index in [9.17, 15) is 9.90 Å². The van der Waals surface area contributed by atoms with Gasteiger partial charge in [-0.15, -0.1) is 0 Å². The van der Waals surface area contributed by atoms with Gasteiger partial charge in [-0.1, -0.05) is 17.7 Å². The minimum absolute atomic E-state index is 0.0305. The van der Waals surface area contributed by atoms with Crippen LogP contribution >= 0.6 is 0 Å². The Morgan fingerprint density at radius 3 is 2.24 bits per heavy atom. The topological polar surface area (TPSA) is 49.3 Å². The molecule has 0 heterocycles. The van der Waals surface area contributed by atoms with Gasteiger partial charge in [-0.05, 0) is 44.7 Å². The molecule has 1 saturated carbocycles. The molecular weight excluding hydrogens is 214 g/mol. The Labute approximate surface area is 102 Å². The molecule has 1 amide bonds. The van der Waals surface area contributed by atoms with Gasteiger partial charge in [0.15, 0.2) is 0 Å². The van der Waals surface area contributed by atoms with Gasteiger partial charge in [0, 0.05) is 5.56 Å². The lowest BCUT2D eigenvalue weighted by molar-refractivity contribution is 0.0905. The lowest BCUT2D eigenvalue weighted by Crippen LogP contribution is -2.40. The van der Waals surface area contributed by atoms with Crippen LogP contribution in [0.25, 0.3) is 0 Å². The molecule has 1 fully saturated rings. The van der Waals surface area contributed by atoms with E-state index in [-0.39, 0.29) is 18.1 Å². The van der Waals surface area contributed by atoms with Crippen LogP contribution in [0.15, 0.2) is 12.1 Å². The third kappa shape index (κ3) is 2.34. The number of nitrogens with one attached hydrogen (secondary N) is 1. The van der Waals surface area contributed by atoms with Gasteiger partial charge in [0.25, 0.3) is 5.91 Å². The summed E-state index contributed by atoms with van der Waals surface area (Å²) in [6.07, 6.45) is 1.75. The highest BCUT2D eigenvalue weighted by Crippen LogP contribution is 2.35. The third-order valence-corrected chi connectivity index (χ3v) is 3.44. The highest BCUT2D eigenvalue weighted by atomic mass is 16.3. The molecular formula is C14H19NO2. The first-order valence-electron chi connectivity index (χ1n) is 5.99. The van der Waals surface area contributed by atoms with Gasteiger partial charge >= 0.3 is 0 Å². The van der Waals surface area contributed by atoms with Crippen LogP contribution in [0.5, 0.6) is 0 Å². The monoisotopic (exact) mass is 233 g/mol. The van der Waals surface area contributed by atoms with E-state index in [0.29, 0.717) is 0 Å². The van der Waals surface area contributed by atoms with Crippen molar-refractivity contribution in [1.29, 1.82) is 0 Å². The molecule has 1 aliphatic rings. The van der Waals surface area contributed by atoms with Crippen molar-refractivity contribution in [2.24, 2.45) is 0 Å². The van der Waals surface area contributed by atoms with E-state index in [2.05, 4.69) is 5.32 Å². The van der Waals surface area contributed by atoms with Crippen LogP contribution in [0, 0.1) is 20.8 Å². The number of rotatable bonds is 3. The fourth-order valence-corrected chi connectivity index (χ4v) is 2.32. The average Bonchev–Trinajstić information content (AvgIpc) is 2.96. The second kappa shape index (κ2) is 4.15. The molecule has 2 rings (SSSR count). The number of carbonyl (C=O) groups is 1. The summed E-state index contributed by atoms with van der Waals surface area (Å²) in [5.74, 6) is -0.0634. The number of hydrogen-bond donors (Lipinski definition) is 2. The van der Waals surface area contributed by atoms with Crippen molar-refractivity contribution in [3.05, 3.63) is 34.4 Å². The molecule has 0 aliphatic heterocycles. The van der Waals surface area contributed by atoms with Crippen molar-refractivity contribution in [3.8, 4) is 0 Å². The minimum Gasteiger partial charge on any atom is -0.394 e. The van der Waals surface area contributed by atoms with E-state index in [4.69, 9.17) is 0 Å². The lowest BCUT2D eigenvalue weighted by atomic mass is 9.99. The quantitative estimate of drug-likeness (QED) is 0.837.